The van der Waals surface area contributed by atoms with Crippen LogP contribution in [0.3, 0.4) is 0 Å². The summed E-state index contributed by atoms with van der Waals surface area (Å²) in [6.07, 6.45) is -1.50. The molecule has 0 atom stereocenters. The van der Waals surface area contributed by atoms with Gasteiger partial charge in [0.15, 0.2) is 0 Å². The SMILES string of the molecule is CCCc1cc2ccc(CCc3ccc(-c4cc(F)c(-c5cc(F)c(C(F)(F)F)c(F)c5)c(F)c4)cc3)cc2s1. The first-order chi connectivity index (χ1) is 19.0. The van der Waals surface area contributed by atoms with Gasteiger partial charge in [0.05, 0.1) is 5.56 Å². The van der Waals surface area contributed by atoms with Crippen molar-refractivity contribution < 1.29 is 30.7 Å². The maximum Gasteiger partial charge on any atom is 0.422 e. The molecule has 40 heavy (non-hydrogen) atoms. The number of hydrogen-bond acceptors (Lipinski definition) is 1. The molecule has 1 heterocycles. The van der Waals surface area contributed by atoms with Crippen molar-refractivity contribution in [3.05, 3.63) is 118 Å². The van der Waals surface area contributed by atoms with Crippen molar-refractivity contribution >= 4 is 21.4 Å². The summed E-state index contributed by atoms with van der Waals surface area (Å²) in [5.74, 6) is -6.19. The Labute approximate surface area is 230 Å². The fraction of sp³-hybridized carbons (Fsp3) is 0.188. The van der Waals surface area contributed by atoms with E-state index in [1.807, 2.05) is 23.5 Å². The molecule has 0 amide bonds. The zero-order valence-electron chi connectivity index (χ0n) is 21.3. The second kappa shape index (κ2) is 11.1. The molecule has 0 saturated carbocycles. The first-order valence-corrected chi connectivity index (χ1v) is 13.5. The Morgan fingerprint density at radius 1 is 0.600 bits per heavy atom. The first kappa shape index (κ1) is 27.9. The quantitative estimate of drug-likeness (QED) is 0.170. The second-order valence-corrected chi connectivity index (χ2v) is 10.8. The highest BCUT2D eigenvalue weighted by atomic mass is 32.1. The summed E-state index contributed by atoms with van der Waals surface area (Å²) in [5.41, 5.74) is -0.626. The molecule has 8 heteroatoms. The number of hydrogen-bond donors (Lipinski definition) is 0. The maximum atomic E-state index is 14.9. The van der Waals surface area contributed by atoms with Gasteiger partial charge in [-0.3, -0.25) is 0 Å². The molecule has 0 aliphatic rings. The first-order valence-electron chi connectivity index (χ1n) is 12.7. The number of benzene rings is 4. The van der Waals surface area contributed by atoms with Gasteiger partial charge in [0.1, 0.15) is 28.8 Å². The lowest BCUT2D eigenvalue weighted by molar-refractivity contribution is -0.142. The number of fused-ring (bicyclic) bond motifs is 1. The monoisotopic (exact) mass is 572 g/mol. The normalized spacial score (nSPS) is 11.9. The molecule has 1 aromatic heterocycles. The van der Waals surface area contributed by atoms with Crippen LogP contribution >= 0.6 is 11.3 Å². The lowest BCUT2D eigenvalue weighted by Crippen LogP contribution is -2.11. The highest BCUT2D eigenvalue weighted by Crippen LogP contribution is 2.38. The number of halogens is 7. The zero-order valence-corrected chi connectivity index (χ0v) is 22.1. The molecular weight excluding hydrogens is 549 g/mol. The van der Waals surface area contributed by atoms with Crippen LogP contribution in [-0.4, -0.2) is 0 Å². The number of rotatable bonds is 7. The molecule has 5 aromatic rings. The maximum absolute atomic E-state index is 14.9. The predicted molar refractivity (Wildman–Crippen MR) is 145 cm³/mol. The third kappa shape index (κ3) is 5.77. The lowest BCUT2D eigenvalue weighted by atomic mass is 9.96. The van der Waals surface area contributed by atoms with Gasteiger partial charge in [-0.1, -0.05) is 49.7 Å². The highest BCUT2D eigenvalue weighted by Gasteiger charge is 2.38. The van der Waals surface area contributed by atoms with Gasteiger partial charge in [0, 0.05) is 9.58 Å². The molecule has 0 aliphatic carbocycles. The summed E-state index contributed by atoms with van der Waals surface area (Å²) >= 11 is 1.82. The Morgan fingerprint density at radius 2 is 1.18 bits per heavy atom. The van der Waals surface area contributed by atoms with Crippen molar-refractivity contribution in [3.8, 4) is 22.3 Å². The lowest BCUT2D eigenvalue weighted by Gasteiger charge is -2.13. The number of aryl methyl sites for hydroxylation is 3. The molecule has 0 aliphatic heterocycles. The molecule has 0 saturated heterocycles. The van der Waals surface area contributed by atoms with E-state index in [1.165, 1.54) is 20.5 Å². The fourth-order valence-electron chi connectivity index (χ4n) is 4.81. The van der Waals surface area contributed by atoms with E-state index in [-0.39, 0.29) is 17.7 Å². The Morgan fingerprint density at radius 3 is 1.77 bits per heavy atom. The highest BCUT2D eigenvalue weighted by molar-refractivity contribution is 7.19. The Kier molecular flexibility index (Phi) is 7.73. The molecule has 0 N–H and O–H groups in total. The largest absolute Gasteiger partial charge is 0.422 e. The van der Waals surface area contributed by atoms with Crippen molar-refractivity contribution in [2.24, 2.45) is 0 Å². The van der Waals surface area contributed by atoms with Gasteiger partial charge in [-0.05, 0) is 88.9 Å². The van der Waals surface area contributed by atoms with Crippen LogP contribution in [-0.2, 0) is 25.4 Å². The van der Waals surface area contributed by atoms with Crippen LogP contribution in [0.5, 0.6) is 0 Å². The number of thiophene rings is 1. The topological polar surface area (TPSA) is 0 Å². The van der Waals surface area contributed by atoms with E-state index in [0.717, 1.165) is 43.4 Å². The van der Waals surface area contributed by atoms with E-state index in [0.29, 0.717) is 5.56 Å². The van der Waals surface area contributed by atoms with E-state index in [2.05, 4.69) is 31.2 Å². The van der Waals surface area contributed by atoms with Crippen LogP contribution in [0, 0.1) is 23.3 Å². The predicted octanol–water partition coefficient (Wildman–Crippen LogP) is 10.5. The zero-order chi connectivity index (χ0) is 28.6. The third-order valence-electron chi connectivity index (χ3n) is 6.78. The van der Waals surface area contributed by atoms with Crippen LogP contribution in [0.4, 0.5) is 30.7 Å². The van der Waals surface area contributed by atoms with Crippen molar-refractivity contribution in [1.82, 2.24) is 0 Å². The molecule has 0 spiro atoms. The molecule has 0 fully saturated rings. The van der Waals surface area contributed by atoms with E-state index in [4.69, 9.17) is 0 Å². The summed E-state index contributed by atoms with van der Waals surface area (Å²) in [6, 6.07) is 18.4. The van der Waals surface area contributed by atoms with Crippen molar-refractivity contribution in [1.29, 1.82) is 0 Å². The van der Waals surface area contributed by atoms with E-state index in [9.17, 15) is 30.7 Å². The van der Waals surface area contributed by atoms with Gasteiger partial charge in [0.25, 0.3) is 0 Å². The summed E-state index contributed by atoms with van der Waals surface area (Å²) in [5, 5.41) is 1.25. The minimum Gasteiger partial charge on any atom is -0.206 e. The average Bonchev–Trinajstić information content (AvgIpc) is 3.28. The van der Waals surface area contributed by atoms with Gasteiger partial charge >= 0.3 is 6.18 Å². The van der Waals surface area contributed by atoms with E-state index in [1.54, 1.807) is 12.1 Å². The van der Waals surface area contributed by atoms with Crippen LogP contribution in [0.25, 0.3) is 32.3 Å². The molecular formula is C32H23F7S. The van der Waals surface area contributed by atoms with E-state index >= 15 is 0 Å². The summed E-state index contributed by atoms with van der Waals surface area (Å²) < 4.78 is 97.7. The molecule has 206 valence electrons. The van der Waals surface area contributed by atoms with Crippen molar-refractivity contribution in [2.45, 2.75) is 38.8 Å². The van der Waals surface area contributed by atoms with Gasteiger partial charge in [-0.2, -0.15) is 13.2 Å². The Balaban J connectivity index is 1.33. The molecule has 0 radical (unpaired) electrons. The molecule has 4 aromatic carbocycles. The van der Waals surface area contributed by atoms with Crippen LogP contribution in [0.1, 0.15) is 34.9 Å². The summed E-state index contributed by atoms with van der Waals surface area (Å²) in [4.78, 5) is 1.38. The van der Waals surface area contributed by atoms with E-state index < -0.39 is 46.1 Å². The molecule has 0 nitrogen and oxygen atoms in total. The van der Waals surface area contributed by atoms with Crippen LogP contribution in [0.2, 0.25) is 0 Å². The summed E-state index contributed by atoms with van der Waals surface area (Å²) in [7, 11) is 0. The van der Waals surface area contributed by atoms with Crippen LogP contribution < -0.4 is 0 Å². The fourth-order valence-corrected chi connectivity index (χ4v) is 6.04. The molecule has 0 bridgehead atoms. The second-order valence-electron chi connectivity index (χ2n) is 9.66. The summed E-state index contributed by atoms with van der Waals surface area (Å²) in [6.45, 7) is 2.16. The van der Waals surface area contributed by atoms with Crippen molar-refractivity contribution in [2.75, 3.05) is 0 Å². The van der Waals surface area contributed by atoms with Gasteiger partial charge in [-0.25, -0.2) is 17.6 Å². The van der Waals surface area contributed by atoms with Gasteiger partial charge in [0.2, 0.25) is 0 Å². The van der Waals surface area contributed by atoms with Crippen LogP contribution in [0.15, 0.2) is 72.8 Å². The third-order valence-corrected chi connectivity index (χ3v) is 7.94. The average molecular weight is 573 g/mol. The van der Waals surface area contributed by atoms with Gasteiger partial charge < -0.3 is 0 Å². The standard InChI is InChI=1S/C32H23F7S/c1-2-3-24-13-21-11-8-19(12-29(21)40-24)5-4-18-6-9-20(10-7-18)22-14-25(33)30(26(34)15-22)23-16-27(35)31(28(36)17-23)32(37,38)39/h6-17H,2-5H2,1H3. The Hall–Kier alpha value is -3.65. The van der Waals surface area contributed by atoms with Gasteiger partial charge in [-0.15, -0.1) is 11.3 Å². The minimum atomic E-state index is -5.28. The Bertz CT molecular complexity index is 1630. The molecule has 0 unspecified atom stereocenters. The van der Waals surface area contributed by atoms with Crippen molar-refractivity contribution in [3.63, 3.8) is 0 Å². The minimum absolute atomic E-state index is 0.184. The molecule has 5 rings (SSSR count). The number of alkyl halides is 3. The smallest absolute Gasteiger partial charge is 0.206 e.